The quantitative estimate of drug-likeness (QED) is 0.795. The molecule has 1 spiro atoms. The Labute approximate surface area is 154 Å². The van der Waals surface area contributed by atoms with E-state index in [1.807, 2.05) is 25.3 Å². The monoisotopic (exact) mass is 354 g/mol. The van der Waals surface area contributed by atoms with E-state index in [4.69, 9.17) is 9.47 Å². The van der Waals surface area contributed by atoms with Crippen LogP contribution in [-0.4, -0.2) is 51.8 Å². The smallest absolute Gasteiger partial charge is 0.232 e. The van der Waals surface area contributed by atoms with Crippen molar-refractivity contribution in [2.24, 2.45) is 5.92 Å². The zero-order valence-electron chi connectivity index (χ0n) is 15.3. The third kappa shape index (κ3) is 4.19. The molecule has 6 heteroatoms. The number of aryl methyl sites for hydroxylation is 1. The van der Waals surface area contributed by atoms with Crippen molar-refractivity contribution in [1.29, 1.82) is 0 Å². The number of pyridine rings is 1. The van der Waals surface area contributed by atoms with E-state index in [-0.39, 0.29) is 5.60 Å². The fourth-order valence-corrected chi connectivity index (χ4v) is 4.04. The Morgan fingerprint density at radius 3 is 3.04 bits per heavy atom. The van der Waals surface area contributed by atoms with Crippen molar-refractivity contribution < 1.29 is 9.47 Å². The maximum Gasteiger partial charge on any atom is 0.232 e. The summed E-state index contributed by atoms with van der Waals surface area (Å²) >= 11 is 0. The fraction of sp³-hybridized carbons (Fsp3) is 0.550. The van der Waals surface area contributed by atoms with Crippen molar-refractivity contribution in [1.82, 2.24) is 19.9 Å². The average Bonchev–Trinajstić information content (AvgIpc) is 2.62. The summed E-state index contributed by atoms with van der Waals surface area (Å²) in [6.07, 6.45) is 8.55. The molecule has 2 saturated heterocycles. The summed E-state index contributed by atoms with van der Waals surface area (Å²) in [6.45, 7) is 6.39. The first-order chi connectivity index (χ1) is 12.7. The summed E-state index contributed by atoms with van der Waals surface area (Å²) in [6, 6.07) is 6.09. The van der Waals surface area contributed by atoms with Crippen molar-refractivity contribution in [3.8, 4) is 5.88 Å². The molecule has 0 bridgehead atoms. The third-order valence-corrected chi connectivity index (χ3v) is 5.24. The van der Waals surface area contributed by atoms with Crippen molar-refractivity contribution >= 4 is 0 Å². The van der Waals surface area contributed by atoms with Crippen LogP contribution in [0.5, 0.6) is 5.88 Å². The Morgan fingerprint density at radius 2 is 2.23 bits per heavy atom. The second kappa shape index (κ2) is 7.68. The first-order valence-corrected chi connectivity index (χ1v) is 9.38. The van der Waals surface area contributed by atoms with E-state index in [0.29, 0.717) is 18.4 Å². The van der Waals surface area contributed by atoms with Gasteiger partial charge in [0.25, 0.3) is 0 Å². The molecular formula is C20H26N4O2. The normalized spacial score (nSPS) is 22.1. The largest absolute Gasteiger partial charge is 0.477 e. The van der Waals surface area contributed by atoms with Gasteiger partial charge in [0.2, 0.25) is 5.88 Å². The fourth-order valence-electron chi connectivity index (χ4n) is 4.04. The van der Waals surface area contributed by atoms with Crippen LogP contribution in [0.3, 0.4) is 0 Å². The molecule has 4 heterocycles. The first-order valence-electron chi connectivity index (χ1n) is 9.38. The molecule has 0 radical (unpaired) electrons. The molecule has 2 aliphatic heterocycles. The lowest BCUT2D eigenvalue weighted by Gasteiger charge is -2.53. The van der Waals surface area contributed by atoms with Crippen LogP contribution in [0.2, 0.25) is 0 Å². The van der Waals surface area contributed by atoms with Crippen LogP contribution in [0.15, 0.2) is 36.8 Å². The van der Waals surface area contributed by atoms with Crippen LogP contribution in [-0.2, 0) is 11.3 Å². The van der Waals surface area contributed by atoms with Gasteiger partial charge in [-0.3, -0.25) is 14.9 Å². The van der Waals surface area contributed by atoms with Crippen molar-refractivity contribution in [3.05, 3.63) is 48.2 Å². The standard InChI is InChI=1S/C20H26N4O2/c1-16-11-21-12-19(23-16)25-8-5-17-6-9-26-20(10-17)14-24(15-20)13-18-4-2-3-7-22-18/h2-4,7,11-12,17H,5-6,8-10,13-15H2,1H3/t17-/m0/s1. The molecule has 0 N–H and O–H groups in total. The van der Waals surface area contributed by atoms with Gasteiger partial charge in [0.1, 0.15) is 0 Å². The van der Waals surface area contributed by atoms with Gasteiger partial charge in [-0.25, -0.2) is 4.98 Å². The van der Waals surface area contributed by atoms with Gasteiger partial charge in [0.15, 0.2) is 0 Å². The Bertz CT molecular complexity index is 719. The second-order valence-electron chi connectivity index (χ2n) is 7.49. The minimum absolute atomic E-state index is 0.0425. The molecule has 2 aromatic heterocycles. The lowest BCUT2D eigenvalue weighted by atomic mass is 9.79. The van der Waals surface area contributed by atoms with Crippen LogP contribution < -0.4 is 4.74 Å². The minimum Gasteiger partial charge on any atom is -0.477 e. The minimum atomic E-state index is 0.0425. The zero-order chi connectivity index (χ0) is 17.8. The van der Waals surface area contributed by atoms with Crippen LogP contribution in [0.25, 0.3) is 0 Å². The number of rotatable bonds is 6. The first kappa shape index (κ1) is 17.4. The highest BCUT2D eigenvalue weighted by Crippen LogP contribution is 2.38. The van der Waals surface area contributed by atoms with Crippen molar-refractivity contribution in [3.63, 3.8) is 0 Å². The molecule has 26 heavy (non-hydrogen) atoms. The molecule has 2 fully saturated rings. The third-order valence-electron chi connectivity index (χ3n) is 5.24. The highest BCUT2D eigenvalue weighted by Gasteiger charge is 2.47. The van der Waals surface area contributed by atoms with Crippen molar-refractivity contribution in [2.45, 2.75) is 38.3 Å². The predicted molar refractivity (Wildman–Crippen MR) is 97.8 cm³/mol. The van der Waals surface area contributed by atoms with Gasteiger partial charge in [-0.05, 0) is 44.2 Å². The molecule has 0 amide bonds. The number of likely N-dealkylation sites (tertiary alicyclic amines) is 1. The Balaban J connectivity index is 1.22. The Morgan fingerprint density at radius 1 is 1.31 bits per heavy atom. The predicted octanol–water partition coefficient (Wildman–Crippen LogP) is 2.63. The summed E-state index contributed by atoms with van der Waals surface area (Å²) < 4.78 is 11.9. The van der Waals surface area contributed by atoms with Crippen LogP contribution in [0.4, 0.5) is 0 Å². The number of nitrogens with zero attached hydrogens (tertiary/aromatic N) is 4. The van der Waals surface area contributed by atoms with Crippen LogP contribution in [0, 0.1) is 12.8 Å². The second-order valence-corrected chi connectivity index (χ2v) is 7.49. The summed E-state index contributed by atoms with van der Waals surface area (Å²) in [5, 5.41) is 0. The lowest BCUT2D eigenvalue weighted by Crippen LogP contribution is -2.64. The van der Waals surface area contributed by atoms with E-state index >= 15 is 0 Å². The Hall–Kier alpha value is -2.05. The molecule has 0 saturated carbocycles. The van der Waals surface area contributed by atoms with Crippen LogP contribution in [0.1, 0.15) is 30.7 Å². The van der Waals surface area contributed by atoms with E-state index in [9.17, 15) is 0 Å². The Kier molecular flexibility index (Phi) is 5.13. The summed E-state index contributed by atoms with van der Waals surface area (Å²) in [4.78, 5) is 15.3. The van der Waals surface area contributed by atoms with Gasteiger partial charge in [0.05, 0.1) is 29.8 Å². The molecule has 0 aromatic carbocycles. The molecule has 6 nitrogen and oxygen atoms in total. The van der Waals surface area contributed by atoms with E-state index in [2.05, 4.69) is 25.9 Å². The van der Waals surface area contributed by atoms with Crippen LogP contribution >= 0.6 is 0 Å². The SMILES string of the molecule is Cc1cncc(OCC[C@H]2CCOC3(C2)CN(Cc2ccccn2)C3)n1. The molecule has 0 aliphatic carbocycles. The summed E-state index contributed by atoms with van der Waals surface area (Å²) in [7, 11) is 0. The molecule has 138 valence electrons. The molecular weight excluding hydrogens is 328 g/mol. The summed E-state index contributed by atoms with van der Waals surface area (Å²) in [5.41, 5.74) is 2.05. The molecule has 2 aliphatic rings. The van der Waals surface area contributed by atoms with Gasteiger partial charge in [-0.1, -0.05) is 6.07 Å². The lowest BCUT2D eigenvalue weighted by molar-refractivity contribution is -0.182. The van der Waals surface area contributed by atoms with Gasteiger partial charge in [0, 0.05) is 38.6 Å². The molecule has 0 unspecified atom stereocenters. The average molecular weight is 354 g/mol. The van der Waals surface area contributed by atoms with Gasteiger partial charge < -0.3 is 9.47 Å². The maximum atomic E-state index is 6.15. The van der Waals surface area contributed by atoms with Gasteiger partial charge in [-0.15, -0.1) is 0 Å². The van der Waals surface area contributed by atoms with Crippen molar-refractivity contribution in [2.75, 3.05) is 26.3 Å². The number of hydrogen-bond donors (Lipinski definition) is 0. The number of hydrogen-bond acceptors (Lipinski definition) is 6. The molecule has 4 rings (SSSR count). The van der Waals surface area contributed by atoms with E-state index in [1.54, 1.807) is 12.4 Å². The van der Waals surface area contributed by atoms with Gasteiger partial charge in [-0.2, -0.15) is 0 Å². The van der Waals surface area contributed by atoms with E-state index < -0.39 is 0 Å². The number of aromatic nitrogens is 3. The highest BCUT2D eigenvalue weighted by atomic mass is 16.5. The van der Waals surface area contributed by atoms with Gasteiger partial charge >= 0.3 is 0 Å². The number of ether oxygens (including phenoxy) is 2. The topological polar surface area (TPSA) is 60.4 Å². The molecule has 2 aromatic rings. The van der Waals surface area contributed by atoms with E-state index in [1.165, 1.54) is 0 Å². The zero-order valence-corrected chi connectivity index (χ0v) is 15.3. The van der Waals surface area contributed by atoms with E-state index in [0.717, 1.165) is 56.9 Å². The molecule has 1 atom stereocenters. The highest BCUT2D eigenvalue weighted by molar-refractivity contribution is 5.08. The summed E-state index contributed by atoms with van der Waals surface area (Å²) in [5.74, 6) is 1.27. The maximum absolute atomic E-state index is 6.15.